The molecule has 0 saturated carbocycles. The van der Waals surface area contributed by atoms with Crippen LogP contribution in [0.4, 0.5) is 0 Å². The molecule has 2 atom stereocenters. The predicted octanol–water partition coefficient (Wildman–Crippen LogP) is 1.79. The summed E-state index contributed by atoms with van der Waals surface area (Å²) in [7, 11) is 0. The molecule has 1 aromatic carbocycles. The lowest BCUT2D eigenvalue weighted by atomic mass is 9.93. The first-order valence-corrected chi connectivity index (χ1v) is 8.70. The highest BCUT2D eigenvalue weighted by molar-refractivity contribution is 5.84. The molecule has 1 N–H and O–H groups in total. The fourth-order valence-electron chi connectivity index (χ4n) is 3.17. The molecule has 0 spiro atoms. The number of amides is 2. The van der Waals surface area contributed by atoms with Crippen LogP contribution in [0.25, 0.3) is 0 Å². The first-order valence-electron chi connectivity index (χ1n) is 8.70. The Hall–Kier alpha value is -2.37. The van der Waals surface area contributed by atoms with Gasteiger partial charge in [-0.25, -0.2) is 0 Å². The van der Waals surface area contributed by atoms with Gasteiger partial charge in [-0.2, -0.15) is 0 Å². The fraction of sp³-hybridized carbons (Fsp3) is 0.526. The number of carboxylic acids is 1. The van der Waals surface area contributed by atoms with Crippen molar-refractivity contribution in [3.8, 4) is 0 Å². The maximum atomic E-state index is 12.6. The molecule has 1 heterocycles. The molecule has 2 rings (SSSR count). The molecule has 0 aliphatic carbocycles. The van der Waals surface area contributed by atoms with Gasteiger partial charge in [0.2, 0.25) is 11.8 Å². The normalized spacial score (nSPS) is 20.2. The molecule has 1 aliphatic heterocycles. The van der Waals surface area contributed by atoms with E-state index < -0.39 is 11.9 Å². The van der Waals surface area contributed by atoms with E-state index in [0.717, 1.165) is 5.56 Å². The van der Waals surface area contributed by atoms with E-state index in [9.17, 15) is 19.5 Å². The van der Waals surface area contributed by atoms with E-state index in [1.165, 1.54) is 11.8 Å². The zero-order valence-electron chi connectivity index (χ0n) is 14.9. The Kier molecular flexibility index (Phi) is 6.56. The summed E-state index contributed by atoms with van der Waals surface area (Å²) in [5.41, 5.74) is 1.11. The molecular formula is C19H26N2O4. The summed E-state index contributed by atoms with van der Waals surface area (Å²) < 4.78 is 0. The number of hydrogen-bond donors (Lipinski definition) is 1. The molecule has 25 heavy (non-hydrogen) atoms. The van der Waals surface area contributed by atoms with Crippen LogP contribution in [-0.4, -0.2) is 58.4 Å². The smallest absolute Gasteiger partial charge is 0.308 e. The quantitative estimate of drug-likeness (QED) is 0.852. The standard InChI is InChI=1S/C19H26N2O4/c1-14-8-9-17(19(24)25)12-21(14)18(23)13-20(15(2)22)11-10-16-6-4-3-5-7-16/h3-7,14,17H,8-13H2,1-2H3,(H,24,25). The molecule has 6 nitrogen and oxygen atoms in total. The maximum Gasteiger partial charge on any atom is 0.308 e. The van der Waals surface area contributed by atoms with Gasteiger partial charge in [0.25, 0.3) is 0 Å². The first kappa shape index (κ1) is 19.0. The SMILES string of the molecule is CC(=O)N(CCc1ccccc1)CC(=O)N1CC(C(=O)O)CCC1C. The van der Waals surface area contributed by atoms with Crippen LogP contribution in [-0.2, 0) is 20.8 Å². The number of nitrogens with zero attached hydrogens (tertiary/aromatic N) is 2. The van der Waals surface area contributed by atoms with Crippen LogP contribution >= 0.6 is 0 Å². The average Bonchev–Trinajstić information content (AvgIpc) is 2.59. The van der Waals surface area contributed by atoms with Crippen LogP contribution in [0.2, 0.25) is 0 Å². The van der Waals surface area contributed by atoms with Gasteiger partial charge in [-0.1, -0.05) is 30.3 Å². The van der Waals surface area contributed by atoms with Gasteiger partial charge in [-0.05, 0) is 31.7 Å². The summed E-state index contributed by atoms with van der Waals surface area (Å²) in [4.78, 5) is 38.9. The van der Waals surface area contributed by atoms with E-state index in [-0.39, 0.29) is 30.9 Å². The Balaban J connectivity index is 1.96. The lowest BCUT2D eigenvalue weighted by molar-refractivity contribution is -0.149. The number of aliphatic carboxylic acids is 1. The Morgan fingerprint density at radius 1 is 1.20 bits per heavy atom. The number of hydrogen-bond acceptors (Lipinski definition) is 3. The van der Waals surface area contributed by atoms with Crippen LogP contribution in [0.3, 0.4) is 0 Å². The number of piperidine rings is 1. The molecule has 1 aliphatic rings. The molecule has 1 fully saturated rings. The third-order valence-corrected chi connectivity index (χ3v) is 4.84. The average molecular weight is 346 g/mol. The van der Waals surface area contributed by atoms with Crippen molar-refractivity contribution in [1.29, 1.82) is 0 Å². The number of likely N-dealkylation sites (tertiary alicyclic amines) is 1. The first-order chi connectivity index (χ1) is 11.9. The van der Waals surface area contributed by atoms with Crippen LogP contribution in [0.1, 0.15) is 32.3 Å². The summed E-state index contributed by atoms with van der Waals surface area (Å²) in [6, 6.07) is 9.81. The van der Waals surface area contributed by atoms with Crippen LogP contribution in [0.5, 0.6) is 0 Å². The lowest BCUT2D eigenvalue weighted by Crippen LogP contribution is -2.51. The van der Waals surface area contributed by atoms with Crippen molar-refractivity contribution in [1.82, 2.24) is 9.80 Å². The van der Waals surface area contributed by atoms with Crippen LogP contribution in [0, 0.1) is 5.92 Å². The summed E-state index contributed by atoms with van der Waals surface area (Å²) >= 11 is 0. The van der Waals surface area contributed by atoms with Gasteiger partial charge < -0.3 is 14.9 Å². The van der Waals surface area contributed by atoms with E-state index in [2.05, 4.69) is 0 Å². The van der Waals surface area contributed by atoms with Crippen LogP contribution < -0.4 is 0 Å². The highest BCUT2D eigenvalue weighted by Gasteiger charge is 2.33. The summed E-state index contributed by atoms with van der Waals surface area (Å²) in [5.74, 6) is -1.71. The molecule has 2 amide bonds. The van der Waals surface area contributed by atoms with Crippen molar-refractivity contribution in [3.63, 3.8) is 0 Å². The number of carboxylic acid groups (broad SMARTS) is 1. The third kappa shape index (κ3) is 5.31. The molecule has 0 bridgehead atoms. The lowest BCUT2D eigenvalue weighted by Gasteiger charge is -2.37. The monoisotopic (exact) mass is 346 g/mol. The minimum absolute atomic E-state index is 0.00114. The molecule has 0 aromatic heterocycles. The maximum absolute atomic E-state index is 12.6. The van der Waals surface area contributed by atoms with Gasteiger partial charge >= 0.3 is 5.97 Å². The van der Waals surface area contributed by atoms with Crippen molar-refractivity contribution in [2.24, 2.45) is 5.92 Å². The van der Waals surface area contributed by atoms with E-state index in [0.29, 0.717) is 25.8 Å². The Morgan fingerprint density at radius 3 is 2.48 bits per heavy atom. The summed E-state index contributed by atoms with van der Waals surface area (Å²) in [6.07, 6.45) is 1.94. The van der Waals surface area contributed by atoms with E-state index in [4.69, 9.17) is 0 Å². The fourth-order valence-corrected chi connectivity index (χ4v) is 3.17. The van der Waals surface area contributed by atoms with Gasteiger partial charge in [0.05, 0.1) is 12.5 Å². The Morgan fingerprint density at radius 2 is 1.88 bits per heavy atom. The van der Waals surface area contributed by atoms with E-state index in [1.54, 1.807) is 4.90 Å². The second-order valence-corrected chi connectivity index (χ2v) is 6.68. The summed E-state index contributed by atoms with van der Waals surface area (Å²) in [6.45, 7) is 4.07. The Bertz CT molecular complexity index is 617. The number of benzene rings is 1. The topological polar surface area (TPSA) is 77.9 Å². The predicted molar refractivity (Wildman–Crippen MR) is 93.9 cm³/mol. The van der Waals surface area contributed by atoms with Crippen molar-refractivity contribution in [2.45, 2.75) is 39.2 Å². The largest absolute Gasteiger partial charge is 0.481 e. The molecule has 2 unspecified atom stereocenters. The molecular weight excluding hydrogens is 320 g/mol. The Labute approximate surface area is 148 Å². The second kappa shape index (κ2) is 8.65. The van der Waals surface area contributed by atoms with Crippen molar-refractivity contribution in [3.05, 3.63) is 35.9 Å². The minimum Gasteiger partial charge on any atom is -0.481 e. The van der Waals surface area contributed by atoms with Gasteiger partial charge in [0.15, 0.2) is 0 Å². The van der Waals surface area contributed by atoms with Crippen LogP contribution in [0.15, 0.2) is 30.3 Å². The second-order valence-electron chi connectivity index (χ2n) is 6.68. The van der Waals surface area contributed by atoms with Crippen molar-refractivity contribution < 1.29 is 19.5 Å². The number of carbonyl (C=O) groups excluding carboxylic acids is 2. The zero-order valence-corrected chi connectivity index (χ0v) is 14.9. The van der Waals surface area contributed by atoms with Gasteiger partial charge in [0, 0.05) is 26.1 Å². The third-order valence-electron chi connectivity index (χ3n) is 4.84. The number of rotatable bonds is 6. The molecule has 6 heteroatoms. The molecule has 1 aromatic rings. The zero-order chi connectivity index (χ0) is 18.4. The van der Waals surface area contributed by atoms with E-state index >= 15 is 0 Å². The minimum atomic E-state index is -0.864. The van der Waals surface area contributed by atoms with Gasteiger partial charge in [-0.3, -0.25) is 14.4 Å². The van der Waals surface area contributed by atoms with Gasteiger partial charge in [0.1, 0.15) is 0 Å². The number of carbonyl (C=O) groups is 3. The van der Waals surface area contributed by atoms with Crippen molar-refractivity contribution >= 4 is 17.8 Å². The van der Waals surface area contributed by atoms with Gasteiger partial charge in [-0.15, -0.1) is 0 Å². The molecule has 0 radical (unpaired) electrons. The van der Waals surface area contributed by atoms with Crippen molar-refractivity contribution in [2.75, 3.05) is 19.6 Å². The summed E-state index contributed by atoms with van der Waals surface area (Å²) in [5, 5.41) is 9.20. The van der Waals surface area contributed by atoms with E-state index in [1.807, 2.05) is 37.3 Å². The molecule has 1 saturated heterocycles. The highest BCUT2D eigenvalue weighted by Crippen LogP contribution is 2.22. The molecule has 136 valence electrons. The highest BCUT2D eigenvalue weighted by atomic mass is 16.4.